The van der Waals surface area contributed by atoms with Crippen molar-refractivity contribution in [1.29, 1.82) is 0 Å². The Labute approximate surface area is 102 Å². The fraction of sp³-hybridized carbons (Fsp3) is 0.182. The lowest BCUT2D eigenvalue weighted by atomic mass is 10.3. The normalized spacial score (nSPS) is 10.3. The summed E-state index contributed by atoms with van der Waals surface area (Å²) in [4.78, 5) is 30.6. The van der Waals surface area contributed by atoms with Crippen LogP contribution in [0, 0.1) is 13.8 Å². The van der Waals surface area contributed by atoms with Crippen LogP contribution in [0.25, 0.3) is 5.95 Å². The van der Waals surface area contributed by atoms with E-state index in [1.807, 2.05) is 0 Å². The monoisotopic (exact) mass is 246 g/mol. The summed E-state index contributed by atoms with van der Waals surface area (Å²) in [5, 5.41) is 12.5. The Bertz CT molecular complexity index is 658. The van der Waals surface area contributed by atoms with Gasteiger partial charge in [0.05, 0.1) is 0 Å². The number of aryl methyl sites for hydroxylation is 2. The number of aromatic nitrogens is 4. The Morgan fingerprint density at radius 1 is 1.22 bits per heavy atom. The fourth-order valence-corrected chi connectivity index (χ4v) is 1.47. The Kier molecular flexibility index (Phi) is 2.88. The molecule has 92 valence electrons. The maximum absolute atomic E-state index is 11.6. The minimum absolute atomic E-state index is 0.0700. The number of nitrogens with zero attached hydrogens (tertiary/aromatic N) is 4. The minimum atomic E-state index is -1.21. The van der Waals surface area contributed by atoms with Crippen molar-refractivity contribution in [2.45, 2.75) is 13.8 Å². The van der Waals surface area contributed by atoms with Gasteiger partial charge in [0.25, 0.3) is 11.5 Å². The predicted octanol–water partition coefficient (Wildman–Crippen LogP) is 0.338. The first-order chi connectivity index (χ1) is 8.47. The second kappa shape index (κ2) is 4.36. The van der Waals surface area contributed by atoms with Crippen LogP contribution in [0.3, 0.4) is 0 Å². The lowest BCUT2D eigenvalue weighted by Crippen LogP contribution is -2.25. The van der Waals surface area contributed by atoms with Crippen LogP contribution in [-0.2, 0) is 0 Å². The third kappa shape index (κ3) is 2.24. The van der Waals surface area contributed by atoms with Crippen LogP contribution < -0.4 is 5.56 Å². The van der Waals surface area contributed by atoms with E-state index in [4.69, 9.17) is 5.11 Å². The molecule has 18 heavy (non-hydrogen) atoms. The lowest BCUT2D eigenvalue weighted by Gasteiger charge is -2.05. The molecule has 0 saturated carbocycles. The third-order valence-corrected chi connectivity index (χ3v) is 2.18. The molecule has 7 heteroatoms. The van der Waals surface area contributed by atoms with Crippen LogP contribution in [0.1, 0.15) is 21.9 Å². The van der Waals surface area contributed by atoms with Crippen molar-refractivity contribution in [3.05, 3.63) is 45.6 Å². The van der Waals surface area contributed by atoms with E-state index in [9.17, 15) is 9.59 Å². The van der Waals surface area contributed by atoms with Crippen molar-refractivity contribution in [3.8, 4) is 5.95 Å². The number of hydrogen-bond acceptors (Lipinski definition) is 5. The molecule has 0 aliphatic heterocycles. The SMILES string of the molecule is Cc1cc(C)nc(-n2nc(C(=O)O)ccc2=O)n1. The zero-order chi connectivity index (χ0) is 13.3. The molecule has 0 radical (unpaired) electrons. The van der Waals surface area contributed by atoms with E-state index >= 15 is 0 Å². The highest BCUT2D eigenvalue weighted by Crippen LogP contribution is 2.02. The molecule has 0 atom stereocenters. The molecule has 7 nitrogen and oxygen atoms in total. The summed E-state index contributed by atoms with van der Waals surface area (Å²) >= 11 is 0. The van der Waals surface area contributed by atoms with Crippen molar-refractivity contribution in [1.82, 2.24) is 19.7 Å². The number of carboxylic acid groups (broad SMARTS) is 1. The first kappa shape index (κ1) is 11.9. The first-order valence-corrected chi connectivity index (χ1v) is 5.14. The van der Waals surface area contributed by atoms with Gasteiger partial charge in [-0.2, -0.15) is 9.78 Å². The van der Waals surface area contributed by atoms with Gasteiger partial charge in [-0.05, 0) is 26.0 Å². The fourth-order valence-electron chi connectivity index (χ4n) is 1.47. The molecule has 0 saturated heterocycles. The molecule has 0 spiro atoms. The number of carboxylic acids is 1. The van der Waals surface area contributed by atoms with Gasteiger partial charge in [-0.25, -0.2) is 14.8 Å². The number of hydrogen-bond donors (Lipinski definition) is 1. The molecule has 0 aliphatic rings. The van der Waals surface area contributed by atoms with Gasteiger partial charge in [-0.15, -0.1) is 0 Å². The van der Waals surface area contributed by atoms with Crippen molar-refractivity contribution in [3.63, 3.8) is 0 Å². The van der Waals surface area contributed by atoms with Crippen LogP contribution in [0.15, 0.2) is 23.0 Å². The molecular weight excluding hydrogens is 236 g/mol. The maximum atomic E-state index is 11.6. The van der Waals surface area contributed by atoms with Gasteiger partial charge < -0.3 is 5.11 Å². The highest BCUT2D eigenvalue weighted by atomic mass is 16.4. The van der Waals surface area contributed by atoms with E-state index in [-0.39, 0.29) is 11.6 Å². The third-order valence-electron chi connectivity index (χ3n) is 2.18. The van der Waals surface area contributed by atoms with Gasteiger partial charge in [-0.1, -0.05) is 0 Å². The first-order valence-electron chi connectivity index (χ1n) is 5.14. The van der Waals surface area contributed by atoms with Gasteiger partial charge in [0, 0.05) is 17.5 Å². The van der Waals surface area contributed by atoms with Gasteiger partial charge in [0.15, 0.2) is 5.69 Å². The molecule has 0 amide bonds. The van der Waals surface area contributed by atoms with Gasteiger partial charge >= 0.3 is 5.97 Å². The second-order valence-corrected chi connectivity index (χ2v) is 3.72. The van der Waals surface area contributed by atoms with Crippen LogP contribution in [-0.4, -0.2) is 30.8 Å². The molecule has 0 aromatic carbocycles. The second-order valence-electron chi connectivity index (χ2n) is 3.72. The molecule has 0 fully saturated rings. The molecular formula is C11H10N4O3. The van der Waals surface area contributed by atoms with Crippen molar-refractivity contribution in [2.75, 3.05) is 0 Å². The van der Waals surface area contributed by atoms with E-state index in [1.54, 1.807) is 19.9 Å². The number of rotatable bonds is 2. The number of aromatic carboxylic acids is 1. The Morgan fingerprint density at radius 2 is 1.83 bits per heavy atom. The molecule has 0 bridgehead atoms. The van der Waals surface area contributed by atoms with Crippen LogP contribution in [0.2, 0.25) is 0 Å². The lowest BCUT2D eigenvalue weighted by molar-refractivity contribution is 0.0688. The van der Waals surface area contributed by atoms with Gasteiger partial charge in [-0.3, -0.25) is 4.79 Å². The van der Waals surface area contributed by atoms with E-state index in [2.05, 4.69) is 15.1 Å². The average Bonchev–Trinajstić information content (AvgIpc) is 2.27. The summed E-state index contributed by atoms with van der Waals surface area (Å²) in [5.41, 5.74) is 0.626. The van der Waals surface area contributed by atoms with Gasteiger partial charge in [0.1, 0.15) is 0 Å². The molecule has 0 aliphatic carbocycles. The molecule has 2 aromatic heterocycles. The van der Waals surface area contributed by atoms with Crippen LogP contribution in [0.4, 0.5) is 0 Å². The summed E-state index contributed by atoms with van der Waals surface area (Å²) in [6.45, 7) is 3.51. The van der Waals surface area contributed by atoms with Gasteiger partial charge in [0.2, 0.25) is 0 Å². The molecule has 2 aromatic rings. The van der Waals surface area contributed by atoms with Crippen molar-refractivity contribution in [2.24, 2.45) is 0 Å². The number of carbonyl (C=O) groups is 1. The minimum Gasteiger partial charge on any atom is -0.476 e. The standard InChI is InChI=1S/C11H10N4O3/c1-6-5-7(2)13-11(12-6)15-9(16)4-3-8(14-15)10(17)18/h3-5H,1-2H3,(H,17,18). The maximum Gasteiger partial charge on any atom is 0.356 e. The summed E-state index contributed by atoms with van der Waals surface area (Å²) < 4.78 is 0.878. The van der Waals surface area contributed by atoms with Crippen LogP contribution >= 0.6 is 0 Å². The summed E-state index contributed by atoms with van der Waals surface area (Å²) in [6.07, 6.45) is 0. The van der Waals surface area contributed by atoms with Crippen LogP contribution in [0.5, 0.6) is 0 Å². The summed E-state index contributed by atoms with van der Waals surface area (Å²) in [7, 11) is 0. The summed E-state index contributed by atoms with van der Waals surface area (Å²) in [5.74, 6) is -1.14. The van der Waals surface area contributed by atoms with E-state index in [0.717, 1.165) is 16.8 Å². The summed E-state index contributed by atoms with van der Waals surface area (Å²) in [6, 6.07) is 4.01. The smallest absolute Gasteiger partial charge is 0.356 e. The highest BCUT2D eigenvalue weighted by molar-refractivity contribution is 5.84. The van der Waals surface area contributed by atoms with Crippen molar-refractivity contribution >= 4 is 5.97 Å². The molecule has 0 unspecified atom stereocenters. The van der Waals surface area contributed by atoms with E-state index < -0.39 is 11.5 Å². The Balaban J connectivity index is 2.66. The zero-order valence-electron chi connectivity index (χ0n) is 9.78. The Hall–Kier alpha value is -2.57. The quantitative estimate of drug-likeness (QED) is 0.820. The average molecular weight is 246 g/mol. The largest absolute Gasteiger partial charge is 0.476 e. The molecule has 1 N–H and O–H groups in total. The van der Waals surface area contributed by atoms with Crippen molar-refractivity contribution < 1.29 is 9.90 Å². The molecule has 2 rings (SSSR count). The molecule has 2 heterocycles. The topological polar surface area (TPSA) is 98.0 Å². The highest BCUT2D eigenvalue weighted by Gasteiger charge is 2.11. The zero-order valence-corrected chi connectivity index (χ0v) is 9.78. The Morgan fingerprint density at radius 3 is 2.39 bits per heavy atom. The van der Waals surface area contributed by atoms with E-state index in [1.165, 1.54) is 0 Å². The predicted molar refractivity (Wildman–Crippen MR) is 61.9 cm³/mol. The van der Waals surface area contributed by atoms with E-state index in [0.29, 0.717) is 11.4 Å².